The third-order valence-corrected chi connectivity index (χ3v) is 9.07. The van der Waals surface area contributed by atoms with Gasteiger partial charge >= 0.3 is 0 Å². The van der Waals surface area contributed by atoms with Crippen molar-refractivity contribution in [2.45, 2.75) is 77.4 Å². The van der Waals surface area contributed by atoms with Crippen LogP contribution in [0.25, 0.3) is 22.3 Å². The van der Waals surface area contributed by atoms with E-state index in [4.69, 9.17) is 21.6 Å². The summed E-state index contributed by atoms with van der Waals surface area (Å²) < 4.78 is 2.36. The Labute approximate surface area is 228 Å². The van der Waals surface area contributed by atoms with Gasteiger partial charge < -0.3 is 14.4 Å². The Kier molecular flexibility index (Phi) is 6.73. The second-order valence-electron chi connectivity index (χ2n) is 11.3. The lowest BCUT2D eigenvalue weighted by atomic mass is 9.83. The fraction of sp³-hybridized carbons (Fsp3) is 0.552. The van der Waals surface area contributed by atoms with Crippen molar-refractivity contribution >= 4 is 34.5 Å². The van der Waals surface area contributed by atoms with Gasteiger partial charge in [-0.25, -0.2) is 9.97 Å². The van der Waals surface area contributed by atoms with Gasteiger partial charge in [0.05, 0.1) is 33.8 Å². The Morgan fingerprint density at radius 2 is 1.87 bits per heavy atom. The molecule has 3 aromatic rings. The van der Waals surface area contributed by atoms with Crippen molar-refractivity contribution in [3.8, 4) is 17.3 Å². The van der Waals surface area contributed by atoms with Gasteiger partial charge in [0.1, 0.15) is 11.8 Å². The molecule has 0 bridgehead atoms. The summed E-state index contributed by atoms with van der Waals surface area (Å²) in [7, 11) is 0. The fourth-order valence-electron chi connectivity index (χ4n) is 6.94. The van der Waals surface area contributed by atoms with E-state index in [1.165, 1.54) is 25.7 Å². The van der Waals surface area contributed by atoms with E-state index >= 15 is 0 Å². The van der Waals surface area contributed by atoms with Crippen LogP contribution in [0.5, 0.6) is 0 Å². The average Bonchev–Trinajstić information content (AvgIpc) is 3.54. The molecule has 1 amide bonds. The molecule has 3 aliphatic rings. The summed E-state index contributed by atoms with van der Waals surface area (Å²) in [6.07, 6.45) is 11.4. The lowest BCUT2D eigenvalue weighted by Crippen LogP contribution is -2.59. The number of carbonyl (C=O) groups excluding carboxylic acids is 1. The van der Waals surface area contributed by atoms with Crippen LogP contribution in [0.15, 0.2) is 24.5 Å². The van der Waals surface area contributed by atoms with Crippen molar-refractivity contribution in [1.29, 1.82) is 5.26 Å². The highest BCUT2D eigenvalue weighted by Crippen LogP contribution is 2.39. The van der Waals surface area contributed by atoms with Crippen molar-refractivity contribution in [2.75, 3.05) is 18.0 Å². The van der Waals surface area contributed by atoms with Gasteiger partial charge in [-0.05, 0) is 50.0 Å². The molecule has 3 aromatic heterocycles. The number of nitriles is 1. The summed E-state index contributed by atoms with van der Waals surface area (Å²) in [6, 6.07) is 6.34. The van der Waals surface area contributed by atoms with Crippen LogP contribution in [0.4, 0.5) is 5.95 Å². The molecular weight excluding hydrogens is 498 g/mol. The molecule has 38 heavy (non-hydrogen) atoms. The number of imidazole rings is 1. The largest absolute Gasteiger partial charge is 0.336 e. The molecule has 6 rings (SSSR count). The van der Waals surface area contributed by atoms with Crippen molar-refractivity contribution in [3.05, 3.63) is 35.2 Å². The number of piperazine rings is 1. The normalized spacial score (nSPS) is 25.4. The highest BCUT2D eigenvalue weighted by molar-refractivity contribution is 6.30. The standard InChI is InChI=1S/C29H34ClN7O/c1-18-6-8-20(9-7-18)17-37-28-24(13-23(14-31)33-27(28)21-12-22(30)16-32-15-21)34-29(37)36-11-10-35(19(2)38)25-4-3-5-26(25)36/h12-13,15-16,18,20,25-26H,3-11,17H2,1-2H3/t18-,20-,25-,26-/m1/s1. The van der Waals surface area contributed by atoms with Crippen molar-refractivity contribution in [3.63, 3.8) is 0 Å². The van der Waals surface area contributed by atoms with Gasteiger partial charge in [0.15, 0.2) is 0 Å². The molecule has 2 atom stereocenters. The van der Waals surface area contributed by atoms with Crippen LogP contribution in [-0.4, -0.2) is 55.5 Å². The molecule has 8 nitrogen and oxygen atoms in total. The number of rotatable bonds is 4. The molecule has 0 spiro atoms. The van der Waals surface area contributed by atoms with Crippen LogP contribution in [0.3, 0.4) is 0 Å². The van der Waals surface area contributed by atoms with Gasteiger partial charge in [-0.2, -0.15) is 5.26 Å². The molecule has 0 N–H and O–H groups in total. The molecule has 1 aliphatic heterocycles. The average molecular weight is 532 g/mol. The predicted octanol–water partition coefficient (Wildman–Crippen LogP) is 5.43. The zero-order valence-electron chi connectivity index (χ0n) is 22.1. The predicted molar refractivity (Wildman–Crippen MR) is 148 cm³/mol. The second-order valence-corrected chi connectivity index (χ2v) is 11.8. The molecule has 0 radical (unpaired) electrons. The third kappa shape index (κ3) is 4.51. The Balaban J connectivity index is 1.51. The maximum atomic E-state index is 12.4. The van der Waals surface area contributed by atoms with E-state index in [1.54, 1.807) is 25.4 Å². The summed E-state index contributed by atoms with van der Waals surface area (Å²) >= 11 is 6.34. The first-order chi connectivity index (χ1) is 18.4. The molecule has 198 valence electrons. The topological polar surface area (TPSA) is 90.9 Å². The summed E-state index contributed by atoms with van der Waals surface area (Å²) in [5.41, 5.74) is 3.52. The molecular formula is C29H34ClN7O. The summed E-state index contributed by atoms with van der Waals surface area (Å²) in [6.45, 7) is 6.34. The lowest BCUT2D eigenvalue weighted by Gasteiger charge is -2.45. The van der Waals surface area contributed by atoms with E-state index in [0.29, 0.717) is 28.9 Å². The summed E-state index contributed by atoms with van der Waals surface area (Å²) in [5, 5.41) is 10.3. The number of hydrogen-bond donors (Lipinski definition) is 0. The van der Waals surface area contributed by atoms with Crippen molar-refractivity contribution in [1.82, 2.24) is 24.4 Å². The Morgan fingerprint density at radius 1 is 1.08 bits per heavy atom. The van der Waals surface area contributed by atoms with Gasteiger partial charge in [0.2, 0.25) is 11.9 Å². The maximum Gasteiger partial charge on any atom is 0.219 e. The van der Waals surface area contributed by atoms with Gasteiger partial charge in [-0.15, -0.1) is 0 Å². The van der Waals surface area contributed by atoms with Gasteiger partial charge in [0, 0.05) is 50.6 Å². The molecule has 9 heteroatoms. The molecule has 4 heterocycles. The Bertz CT molecular complexity index is 1400. The van der Waals surface area contributed by atoms with Crippen LogP contribution in [0, 0.1) is 23.2 Å². The number of amides is 1. The molecule has 0 unspecified atom stereocenters. The zero-order chi connectivity index (χ0) is 26.4. The first-order valence-electron chi connectivity index (χ1n) is 13.9. The van der Waals surface area contributed by atoms with Crippen LogP contribution in [-0.2, 0) is 11.3 Å². The minimum absolute atomic E-state index is 0.157. The number of fused-ring (bicyclic) bond motifs is 2. The van der Waals surface area contributed by atoms with E-state index < -0.39 is 0 Å². The lowest BCUT2D eigenvalue weighted by molar-refractivity contribution is -0.132. The Morgan fingerprint density at radius 3 is 2.61 bits per heavy atom. The SMILES string of the molecule is CC(=O)N1CCN(c2nc3cc(C#N)nc(-c4cncc(Cl)c4)c3n2C[C@H]2CC[C@H](C)CC2)[C@@H]2CCC[C@H]21. The van der Waals surface area contributed by atoms with Gasteiger partial charge in [-0.3, -0.25) is 9.78 Å². The van der Waals surface area contributed by atoms with Crippen molar-refractivity contribution < 1.29 is 4.79 Å². The zero-order valence-corrected chi connectivity index (χ0v) is 22.9. The van der Waals surface area contributed by atoms with E-state index in [-0.39, 0.29) is 18.0 Å². The summed E-state index contributed by atoms with van der Waals surface area (Å²) in [4.78, 5) is 31.2. The number of hydrogen-bond acceptors (Lipinski definition) is 6. The molecule has 2 saturated carbocycles. The van der Waals surface area contributed by atoms with E-state index in [9.17, 15) is 10.1 Å². The highest BCUT2D eigenvalue weighted by atomic mass is 35.5. The minimum Gasteiger partial charge on any atom is -0.336 e. The van der Waals surface area contributed by atoms with Crippen LogP contribution >= 0.6 is 11.6 Å². The van der Waals surface area contributed by atoms with Crippen LogP contribution < -0.4 is 4.90 Å². The smallest absolute Gasteiger partial charge is 0.219 e. The van der Waals surface area contributed by atoms with Crippen molar-refractivity contribution in [2.24, 2.45) is 11.8 Å². The van der Waals surface area contributed by atoms with E-state index in [0.717, 1.165) is 60.8 Å². The van der Waals surface area contributed by atoms with E-state index in [2.05, 4.69) is 32.3 Å². The number of anilines is 1. The number of carbonyl (C=O) groups is 1. The molecule has 1 saturated heterocycles. The molecule has 2 aliphatic carbocycles. The molecule has 0 aromatic carbocycles. The minimum atomic E-state index is 0.157. The first-order valence-corrected chi connectivity index (χ1v) is 14.3. The van der Waals surface area contributed by atoms with Crippen LogP contribution in [0.1, 0.15) is 64.5 Å². The number of aromatic nitrogens is 4. The maximum absolute atomic E-state index is 12.4. The van der Waals surface area contributed by atoms with E-state index in [1.807, 2.05) is 6.07 Å². The highest BCUT2D eigenvalue weighted by Gasteiger charge is 2.42. The second kappa shape index (κ2) is 10.2. The number of halogens is 1. The monoisotopic (exact) mass is 531 g/mol. The van der Waals surface area contributed by atoms with Crippen LogP contribution in [0.2, 0.25) is 5.02 Å². The van der Waals surface area contributed by atoms with Gasteiger partial charge in [0.25, 0.3) is 0 Å². The summed E-state index contributed by atoms with van der Waals surface area (Å²) in [5.74, 6) is 2.43. The quantitative estimate of drug-likeness (QED) is 0.445. The first kappa shape index (κ1) is 25.1. The number of nitrogens with zero attached hydrogens (tertiary/aromatic N) is 7. The number of pyridine rings is 2. The third-order valence-electron chi connectivity index (χ3n) is 8.86. The molecule has 3 fully saturated rings. The van der Waals surface area contributed by atoms with Gasteiger partial charge in [-0.1, -0.05) is 31.4 Å². The fourth-order valence-corrected chi connectivity index (χ4v) is 7.11. The Hall–Kier alpha value is -3.18.